The van der Waals surface area contributed by atoms with Gasteiger partial charge in [0.25, 0.3) is 0 Å². The first kappa shape index (κ1) is 21.3. The Morgan fingerprint density at radius 1 is 0.893 bits per heavy atom. The molecule has 1 fully saturated rings. The average Bonchev–Trinajstić information content (AvgIpc) is 2.73. The zero-order chi connectivity index (χ0) is 19.8. The van der Waals surface area contributed by atoms with E-state index < -0.39 is 29.9 Å². The van der Waals surface area contributed by atoms with Gasteiger partial charge in [-0.25, -0.2) is 0 Å². The Balaban J connectivity index is 1.63. The van der Waals surface area contributed by atoms with Gasteiger partial charge in [0.15, 0.2) is 0 Å². The van der Waals surface area contributed by atoms with Gasteiger partial charge in [0.05, 0.1) is 19.8 Å². The van der Waals surface area contributed by atoms with Crippen LogP contribution >= 0.6 is 11.8 Å². The fraction of sp³-hybridized carbons (Fsp3) is 0.455. The highest BCUT2D eigenvalue weighted by Gasteiger charge is 2.45. The summed E-state index contributed by atoms with van der Waals surface area (Å²) in [6, 6.07) is 19.6. The molecule has 0 radical (unpaired) electrons. The number of aliphatic hydroxyl groups excluding tert-OH is 2. The van der Waals surface area contributed by atoms with Crippen molar-refractivity contribution in [3.63, 3.8) is 0 Å². The van der Waals surface area contributed by atoms with Crippen molar-refractivity contribution in [2.24, 2.45) is 0 Å². The van der Waals surface area contributed by atoms with Gasteiger partial charge in [0, 0.05) is 0 Å². The van der Waals surface area contributed by atoms with E-state index in [-0.39, 0.29) is 6.61 Å². The SMILES string of the molecule is CCS[C@@H]1OC(COCc2ccccc2)[C@@H](OCc2ccccc2)[C@H](O)C1O. The molecule has 0 bridgehead atoms. The third kappa shape index (κ3) is 5.80. The summed E-state index contributed by atoms with van der Waals surface area (Å²) < 4.78 is 17.9. The summed E-state index contributed by atoms with van der Waals surface area (Å²) in [5, 5.41) is 21.1. The molecule has 0 amide bonds. The largest absolute Gasteiger partial charge is 0.387 e. The van der Waals surface area contributed by atoms with Crippen molar-refractivity contribution in [3.8, 4) is 0 Å². The summed E-state index contributed by atoms with van der Waals surface area (Å²) in [6.07, 6.45) is -3.17. The van der Waals surface area contributed by atoms with Crippen molar-refractivity contribution in [2.45, 2.75) is 50.0 Å². The molecule has 1 aliphatic heterocycles. The Kier molecular flexibility index (Phi) is 8.33. The molecule has 152 valence electrons. The van der Waals surface area contributed by atoms with Crippen LogP contribution in [-0.2, 0) is 27.4 Å². The highest BCUT2D eigenvalue weighted by atomic mass is 32.2. The summed E-state index contributed by atoms with van der Waals surface area (Å²) >= 11 is 1.47. The van der Waals surface area contributed by atoms with Crippen LogP contribution in [0.15, 0.2) is 60.7 Å². The molecule has 1 aliphatic rings. The summed E-state index contributed by atoms with van der Waals surface area (Å²) in [4.78, 5) is 0. The number of benzene rings is 2. The van der Waals surface area contributed by atoms with Crippen LogP contribution in [0.1, 0.15) is 18.1 Å². The predicted molar refractivity (Wildman–Crippen MR) is 110 cm³/mol. The van der Waals surface area contributed by atoms with Crippen LogP contribution in [0.2, 0.25) is 0 Å². The molecule has 0 aromatic heterocycles. The smallest absolute Gasteiger partial charge is 0.132 e. The van der Waals surface area contributed by atoms with Crippen LogP contribution in [-0.4, -0.2) is 52.4 Å². The van der Waals surface area contributed by atoms with Gasteiger partial charge < -0.3 is 24.4 Å². The van der Waals surface area contributed by atoms with Crippen molar-refractivity contribution >= 4 is 11.8 Å². The first-order chi connectivity index (χ1) is 13.7. The van der Waals surface area contributed by atoms with Crippen LogP contribution in [0.25, 0.3) is 0 Å². The first-order valence-electron chi connectivity index (χ1n) is 9.59. The van der Waals surface area contributed by atoms with Crippen LogP contribution in [0.4, 0.5) is 0 Å². The minimum Gasteiger partial charge on any atom is -0.387 e. The van der Waals surface area contributed by atoms with Gasteiger partial charge in [-0.1, -0.05) is 67.6 Å². The average molecular weight is 405 g/mol. The van der Waals surface area contributed by atoms with Crippen molar-refractivity contribution in [2.75, 3.05) is 12.4 Å². The number of hydrogen-bond donors (Lipinski definition) is 2. The van der Waals surface area contributed by atoms with Crippen LogP contribution < -0.4 is 0 Å². The molecule has 0 spiro atoms. The number of ether oxygens (including phenoxy) is 3. The summed E-state index contributed by atoms with van der Waals surface area (Å²) in [6.45, 7) is 3.06. The molecule has 0 aliphatic carbocycles. The monoisotopic (exact) mass is 404 g/mol. The lowest BCUT2D eigenvalue weighted by molar-refractivity contribution is -0.228. The fourth-order valence-corrected chi connectivity index (χ4v) is 4.09. The maximum Gasteiger partial charge on any atom is 0.132 e. The van der Waals surface area contributed by atoms with Gasteiger partial charge in [0.1, 0.15) is 29.9 Å². The highest BCUT2D eigenvalue weighted by molar-refractivity contribution is 7.99. The van der Waals surface area contributed by atoms with Crippen LogP contribution in [0.5, 0.6) is 0 Å². The molecule has 5 nitrogen and oxygen atoms in total. The van der Waals surface area contributed by atoms with Crippen LogP contribution in [0, 0.1) is 0 Å². The number of thioether (sulfide) groups is 1. The zero-order valence-corrected chi connectivity index (χ0v) is 16.8. The fourth-order valence-electron chi connectivity index (χ4n) is 3.18. The Morgan fingerprint density at radius 3 is 2.11 bits per heavy atom. The maximum atomic E-state index is 10.7. The third-order valence-corrected chi connectivity index (χ3v) is 5.70. The molecule has 2 aromatic carbocycles. The normalized spacial score (nSPS) is 27.6. The zero-order valence-electron chi connectivity index (χ0n) is 16.0. The lowest BCUT2D eigenvalue weighted by atomic mass is 10.00. The Hall–Kier alpha value is -1.41. The third-order valence-electron chi connectivity index (χ3n) is 4.65. The second-order valence-electron chi connectivity index (χ2n) is 6.74. The quantitative estimate of drug-likeness (QED) is 0.670. The second-order valence-corrected chi connectivity index (χ2v) is 8.12. The van der Waals surface area contributed by atoms with E-state index in [2.05, 4.69) is 0 Å². The van der Waals surface area contributed by atoms with Crippen molar-refractivity contribution < 1.29 is 24.4 Å². The van der Waals surface area contributed by atoms with Crippen molar-refractivity contribution in [3.05, 3.63) is 71.8 Å². The summed E-state index contributed by atoms with van der Waals surface area (Å²) in [5.74, 6) is 0.779. The Labute approximate surface area is 170 Å². The standard InChI is InChI=1S/C22H28O5S/c1-2-28-22-20(24)19(23)21(26-14-17-11-7-4-8-12-17)18(27-22)15-25-13-16-9-5-3-6-10-16/h3-12,18-24H,2,13-15H2,1H3/t18?,19-,20?,21-,22+/m1/s1. The molecule has 6 heteroatoms. The molecular weight excluding hydrogens is 376 g/mol. The van der Waals surface area contributed by atoms with E-state index in [0.29, 0.717) is 13.2 Å². The molecule has 0 saturated carbocycles. The molecule has 5 atom stereocenters. The van der Waals surface area contributed by atoms with E-state index in [1.807, 2.05) is 67.6 Å². The number of hydrogen-bond acceptors (Lipinski definition) is 6. The first-order valence-corrected chi connectivity index (χ1v) is 10.6. The minimum absolute atomic E-state index is 0.277. The molecule has 1 heterocycles. The van der Waals surface area contributed by atoms with Gasteiger partial charge in [0.2, 0.25) is 0 Å². The molecule has 1 saturated heterocycles. The van der Waals surface area contributed by atoms with Gasteiger partial charge >= 0.3 is 0 Å². The van der Waals surface area contributed by atoms with Gasteiger partial charge in [-0.05, 0) is 16.9 Å². The van der Waals surface area contributed by atoms with E-state index in [0.717, 1.165) is 16.9 Å². The second kappa shape index (κ2) is 11.0. The Morgan fingerprint density at radius 2 is 1.50 bits per heavy atom. The number of rotatable bonds is 9. The van der Waals surface area contributed by atoms with Gasteiger partial charge in [-0.15, -0.1) is 11.8 Å². The molecular formula is C22H28O5S. The molecule has 28 heavy (non-hydrogen) atoms. The molecule has 3 rings (SSSR count). The molecule has 2 unspecified atom stereocenters. The summed E-state index contributed by atoms with van der Waals surface area (Å²) in [7, 11) is 0. The van der Waals surface area contributed by atoms with E-state index in [4.69, 9.17) is 14.2 Å². The van der Waals surface area contributed by atoms with E-state index in [9.17, 15) is 10.2 Å². The minimum atomic E-state index is -1.04. The highest BCUT2D eigenvalue weighted by Crippen LogP contribution is 2.30. The van der Waals surface area contributed by atoms with E-state index in [1.54, 1.807) is 0 Å². The topological polar surface area (TPSA) is 68.2 Å². The van der Waals surface area contributed by atoms with E-state index in [1.165, 1.54) is 11.8 Å². The lowest BCUT2D eigenvalue weighted by Crippen LogP contribution is -2.58. The van der Waals surface area contributed by atoms with Crippen molar-refractivity contribution in [1.82, 2.24) is 0 Å². The maximum absolute atomic E-state index is 10.7. The van der Waals surface area contributed by atoms with Gasteiger partial charge in [-0.2, -0.15) is 0 Å². The number of aliphatic hydroxyl groups is 2. The molecule has 2 N–H and O–H groups in total. The van der Waals surface area contributed by atoms with Crippen molar-refractivity contribution in [1.29, 1.82) is 0 Å². The predicted octanol–water partition coefficient (Wildman–Crippen LogP) is 2.99. The van der Waals surface area contributed by atoms with E-state index >= 15 is 0 Å². The lowest BCUT2D eigenvalue weighted by Gasteiger charge is -2.42. The summed E-state index contributed by atoms with van der Waals surface area (Å²) in [5.41, 5.74) is 1.57. The molecule has 2 aromatic rings. The Bertz CT molecular complexity index is 684. The van der Waals surface area contributed by atoms with Gasteiger partial charge in [-0.3, -0.25) is 0 Å². The van der Waals surface area contributed by atoms with Crippen LogP contribution in [0.3, 0.4) is 0 Å².